The lowest BCUT2D eigenvalue weighted by Crippen LogP contribution is -2.13. The molecule has 132 valence electrons. The largest absolute Gasteiger partial charge is 0.493 e. The number of benzene rings is 2. The smallest absolute Gasteiger partial charge is 0.161 e. The Hall–Kier alpha value is -1.13. The molecular formula is C18H22Cl3NO2. The number of halogens is 3. The van der Waals surface area contributed by atoms with Crippen LogP contribution in [0.4, 0.5) is 0 Å². The summed E-state index contributed by atoms with van der Waals surface area (Å²) in [5, 5.41) is 4.57. The van der Waals surface area contributed by atoms with Crippen LogP contribution in [-0.4, -0.2) is 13.7 Å². The van der Waals surface area contributed by atoms with E-state index in [1.54, 1.807) is 19.2 Å². The molecule has 0 radical (unpaired) electrons. The minimum absolute atomic E-state index is 0. The van der Waals surface area contributed by atoms with Crippen molar-refractivity contribution in [3.05, 3.63) is 57.6 Å². The van der Waals surface area contributed by atoms with E-state index in [-0.39, 0.29) is 12.4 Å². The van der Waals surface area contributed by atoms with Crippen molar-refractivity contribution in [2.45, 2.75) is 26.5 Å². The first kappa shape index (κ1) is 20.9. The molecule has 1 N–H and O–H groups in total. The van der Waals surface area contributed by atoms with E-state index in [0.717, 1.165) is 30.6 Å². The van der Waals surface area contributed by atoms with E-state index in [1.807, 2.05) is 24.3 Å². The first-order valence-corrected chi connectivity index (χ1v) is 8.34. The number of nitrogens with one attached hydrogen (secondary N) is 1. The fourth-order valence-corrected chi connectivity index (χ4v) is 2.61. The van der Waals surface area contributed by atoms with Gasteiger partial charge in [-0.3, -0.25) is 0 Å². The highest BCUT2D eigenvalue weighted by Gasteiger charge is 2.08. The maximum Gasteiger partial charge on any atom is 0.161 e. The minimum atomic E-state index is 0. The monoisotopic (exact) mass is 389 g/mol. The molecule has 0 unspecified atom stereocenters. The molecule has 2 aromatic carbocycles. The fraction of sp³-hybridized carbons (Fsp3) is 0.333. The molecule has 2 aromatic rings. The van der Waals surface area contributed by atoms with Crippen LogP contribution in [0.1, 0.15) is 24.5 Å². The van der Waals surface area contributed by atoms with Crippen molar-refractivity contribution in [3.8, 4) is 11.5 Å². The number of hydrogen-bond donors (Lipinski definition) is 1. The van der Waals surface area contributed by atoms with E-state index in [1.165, 1.54) is 0 Å². The molecule has 0 fully saturated rings. The van der Waals surface area contributed by atoms with Gasteiger partial charge in [0.05, 0.1) is 7.11 Å². The third-order valence-electron chi connectivity index (χ3n) is 3.38. The number of ether oxygens (including phenoxy) is 2. The molecule has 2 rings (SSSR count). The van der Waals surface area contributed by atoms with E-state index >= 15 is 0 Å². The maximum atomic E-state index is 6.16. The van der Waals surface area contributed by atoms with Gasteiger partial charge >= 0.3 is 0 Å². The normalized spacial score (nSPS) is 10.2. The second-order valence-electron chi connectivity index (χ2n) is 5.19. The number of methoxy groups -OCH3 is 1. The van der Waals surface area contributed by atoms with Crippen LogP contribution in [0.2, 0.25) is 10.0 Å². The third kappa shape index (κ3) is 6.06. The predicted octanol–water partition coefficient (Wildman–Crippen LogP) is 5.50. The molecule has 0 atom stereocenters. The Morgan fingerprint density at radius 1 is 1.04 bits per heavy atom. The highest BCUT2D eigenvalue weighted by Crippen LogP contribution is 2.30. The molecule has 0 spiro atoms. The summed E-state index contributed by atoms with van der Waals surface area (Å²) in [5.41, 5.74) is 2.04. The maximum absolute atomic E-state index is 6.16. The first-order chi connectivity index (χ1) is 11.1. The summed E-state index contributed by atoms with van der Waals surface area (Å²) in [7, 11) is 1.64. The summed E-state index contributed by atoms with van der Waals surface area (Å²) in [6.45, 7) is 4.31. The third-order valence-corrected chi connectivity index (χ3v) is 3.97. The number of rotatable bonds is 8. The molecule has 0 bridgehead atoms. The van der Waals surface area contributed by atoms with Gasteiger partial charge in [0.25, 0.3) is 0 Å². The second kappa shape index (κ2) is 10.7. The molecule has 0 aromatic heterocycles. The summed E-state index contributed by atoms with van der Waals surface area (Å²) < 4.78 is 11.3. The topological polar surface area (TPSA) is 30.5 Å². The van der Waals surface area contributed by atoms with E-state index in [2.05, 4.69) is 12.2 Å². The Morgan fingerprint density at radius 2 is 1.83 bits per heavy atom. The van der Waals surface area contributed by atoms with Gasteiger partial charge in [-0.05, 0) is 42.8 Å². The van der Waals surface area contributed by atoms with Gasteiger partial charge in [-0.25, -0.2) is 0 Å². The van der Waals surface area contributed by atoms with E-state index in [9.17, 15) is 0 Å². The van der Waals surface area contributed by atoms with Crippen LogP contribution in [0.25, 0.3) is 0 Å². The van der Waals surface area contributed by atoms with Crippen LogP contribution in [0, 0.1) is 0 Å². The van der Waals surface area contributed by atoms with Crippen LogP contribution in [-0.2, 0) is 13.2 Å². The molecule has 24 heavy (non-hydrogen) atoms. The Balaban J connectivity index is 0.00000288. The van der Waals surface area contributed by atoms with Crippen molar-refractivity contribution in [1.29, 1.82) is 0 Å². The average Bonchev–Trinajstić information content (AvgIpc) is 2.55. The highest BCUT2D eigenvalue weighted by molar-refractivity contribution is 6.35. The molecule has 0 aliphatic carbocycles. The quantitative estimate of drug-likeness (QED) is 0.603. The van der Waals surface area contributed by atoms with Gasteiger partial charge in [0.2, 0.25) is 0 Å². The molecular weight excluding hydrogens is 369 g/mol. The highest BCUT2D eigenvalue weighted by atomic mass is 35.5. The van der Waals surface area contributed by atoms with Crippen LogP contribution in [0.3, 0.4) is 0 Å². The first-order valence-electron chi connectivity index (χ1n) is 7.58. The summed E-state index contributed by atoms with van der Waals surface area (Å²) in [5.74, 6) is 1.41. The van der Waals surface area contributed by atoms with Crippen molar-refractivity contribution in [2.75, 3.05) is 13.7 Å². The molecule has 0 amide bonds. The van der Waals surface area contributed by atoms with Gasteiger partial charge in [0.15, 0.2) is 11.5 Å². The van der Waals surface area contributed by atoms with Crippen molar-refractivity contribution in [1.82, 2.24) is 5.32 Å². The lowest BCUT2D eigenvalue weighted by molar-refractivity contribution is 0.284. The van der Waals surface area contributed by atoms with Crippen molar-refractivity contribution in [2.24, 2.45) is 0 Å². The molecule has 3 nitrogen and oxygen atoms in total. The van der Waals surface area contributed by atoms with Crippen molar-refractivity contribution in [3.63, 3.8) is 0 Å². The lowest BCUT2D eigenvalue weighted by atomic mass is 10.2. The Morgan fingerprint density at radius 3 is 2.50 bits per heavy atom. The lowest BCUT2D eigenvalue weighted by Gasteiger charge is -2.13. The van der Waals surface area contributed by atoms with Gasteiger partial charge < -0.3 is 14.8 Å². The van der Waals surface area contributed by atoms with Crippen molar-refractivity contribution >= 4 is 35.6 Å². The van der Waals surface area contributed by atoms with Crippen LogP contribution >= 0.6 is 35.6 Å². The Kier molecular flexibility index (Phi) is 9.30. The summed E-state index contributed by atoms with van der Waals surface area (Å²) in [6.07, 6.45) is 1.11. The minimum Gasteiger partial charge on any atom is -0.493 e. The van der Waals surface area contributed by atoms with Crippen LogP contribution in [0.5, 0.6) is 11.5 Å². The zero-order chi connectivity index (χ0) is 16.7. The predicted molar refractivity (Wildman–Crippen MR) is 103 cm³/mol. The molecule has 0 saturated heterocycles. The van der Waals surface area contributed by atoms with E-state index in [4.69, 9.17) is 32.7 Å². The molecule has 0 saturated carbocycles. The van der Waals surface area contributed by atoms with Gasteiger partial charge in [-0.1, -0.05) is 42.3 Å². The number of hydrogen-bond acceptors (Lipinski definition) is 3. The van der Waals surface area contributed by atoms with Gasteiger partial charge in [0.1, 0.15) is 6.61 Å². The Labute approximate surface area is 159 Å². The van der Waals surface area contributed by atoms with Gasteiger partial charge in [-0.15, -0.1) is 12.4 Å². The standard InChI is InChI=1S/C18H21Cl2NO2.ClH/c1-3-8-21-11-13-4-7-17(18(9-13)22-2)23-12-14-5-6-15(19)10-16(14)20;/h4-7,9-10,21H,3,8,11-12H2,1-2H3;1H. The zero-order valence-electron chi connectivity index (χ0n) is 13.8. The molecule has 6 heteroatoms. The molecule has 0 heterocycles. The summed E-state index contributed by atoms with van der Waals surface area (Å²) in [4.78, 5) is 0. The average molecular weight is 391 g/mol. The zero-order valence-corrected chi connectivity index (χ0v) is 16.1. The van der Waals surface area contributed by atoms with Crippen LogP contribution < -0.4 is 14.8 Å². The summed E-state index contributed by atoms with van der Waals surface area (Å²) >= 11 is 12.1. The van der Waals surface area contributed by atoms with E-state index in [0.29, 0.717) is 28.2 Å². The molecule has 0 aliphatic rings. The SMILES string of the molecule is CCCNCc1ccc(OCc2ccc(Cl)cc2Cl)c(OC)c1.Cl. The summed E-state index contributed by atoms with van der Waals surface area (Å²) in [6, 6.07) is 11.3. The second-order valence-corrected chi connectivity index (χ2v) is 6.03. The Bertz CT molecular complexity index is 650. The van der Waals surface area contributed by atoms with Crippen LogP contribution in [0.15, 0.2) is 36.4 Å². The molecule has 0 aliphatic heterocycles. The van der Waals surface area contributed by atoms with E-state index < -0.39 is 0 Å². The fourth-order valence-electron chi connectivity index (χ4n) is 2.14. The van der Waals surface area contributed by atoms with Gasteiger partial charge in [0, 0.05) is 22.2 Å². The van der Waals surface area contributed by atoms with Crippen molar-refractivity contribution < 1.29 is 9.47 Å². The van der Waals surface area contributed by atoms with Gasteiger partial charge in [-0.2, -0.15) is 0 Å².